The van der Waals surface area contributed by atoms with Crippen molar-refractivity contribution in [2.45, 2.75) is 19.5 Å². The lowest BCUT2D eigenvalue weighted by Gasteiger charge is -2.14. The SMILES string of the molecule is COc1cn2c(=O)n(CC(=O)N[C@@H](C)c3ccc(Cl)c(Cl)c3)nc2cn1. The molecule has 0 radical (unpaired) electrons. The third-order valence-electron chi connectivity index (χ3n) is 3.77. The van der Waals surface area contributed by atoms with Crippen LogP contribution in [0, 0.1) is 0 Å². The van der Waals surface area contributed by atoms with Crippen LogP contribution in [0.5, 0.6) is 5.88 Å². The first kappa shape index (κ1) is 18.2. The molecule has 1 aromatic carbocycles. The zero-order valence-electron chi connectivity index (χ0n) is 13.9. The second kappa shape index (κ2) is 7.35. The van der Waals surface area contributed by atoms with Gasteiger partial charge in [0, 0.05) is 0 Å². The topological polar surface area (TPSA) is 90.5 Å². The van der Waals surface area contributed by atoms with Gasteiger partial charge in [0.2, 0.25) is 11.8 Å². The average Bonchev–Trinajstić information content (AvgIpc) is 2.92. The van der Waals surface area contributed by atoms with Crippen LogP contribution in [0.3, 0.4) is 0 Å². The molecule has 0 saturated heterocycles. The van der Waals surface area contributed by atoms with Gasteiger partial charge in [-0.2, -0.15) is 0 Å². The Hall–Kier alpha value is -2.58. The lowest BCUT2D eigenvalue weighted by Crippen LogP contribution is -2.34. The molecule has 0 aliphatic rings. The summed E-state index contributed by atoms with van der Waals surface area (Å²) in [6, 6.07) is 4.80. The fraction of sp³-hybridized carbons (Fsp3) is 0.250. The van der Waals surface area contributed by atoms with Crippen LogP contribution in [0.4, 0.5) is 0 Å². The Labute approximate surface area is 158 Å². The summed E-state index contributed by atoms with van der Waals surface area (Å²) in [5.41, 5.74) is 0.656. The number of methoxy groups -OCH3 is 1. The molecule has 0 saturated carbocycles. The van der Waals surface area contributed by atoms with Crippen molar-refractivity contribution < 1.29 is 9.53 Å². The van der Waals surface area contributed by atoms with Crippen LogP contribution in [0.2, 0.25) is 10.0 Å². The molecule has 3 aromatic rings. The van der Waals surface area contributed by atoms with Gasteiger partial charge >= 0.3 is 5.69 Å². The fourth-order valence-corrected chi connectivity index (χ4v) is 2.71. The molecule has 0 aliphatic carbocycles. The second-order valence-corrected chi connectivity index (χ2v) is 6.38. The fourth-order valence-electron chi connectivity index (χ4n) is 2.41. The van der Waals surface area contributed by atoms with Crippen LogP contribution in [0.15, 0.2) is 35.4 Å². The molecular formula is C16H15Cl2N5O3. The molecule has 0 unspecified atom stereocenters. The van der Waals surface area contributed by atoms with Gasteiger partial charge in [-0.3, -0.25) is 4.79 Å². The monoisotopic (exact) mass is 395 g/mol. The molecule has 0 aliphatic heterocycles. The van der Waals surface area contributed by atoms with Crippen molar-refractivity contribution in [2.24, 2.45) is 0 Å². The van der Waals surface area contributed by atoms with E-state index in [1.165, 1.54) is 23.9 Å². The summed E-state index contributed by atoms with van der Waals surface area (Å²) in [4.78, 5) is 28.6. The molecule has 3 rings (SSSR count). The Kier molecular flexibility index (Phi) is 5.15. The third-order valence-corrected chi connectivity index (χ3v) is 4.51. The minimum absolute atomic E-state index is 0.228. The van der Waals surface area contributed by atoms with Crippen molar-refractivity contribution in [1.82, 2.24) is 24.5 Å². The number of hydrogen-bond acceptors (Lipinski definition) is 5. The van der Waals surface area contributed by atoms with E-state index in [-0.39, 0.29) is 24.4 Å². The summed E-state index contributed by atoms with van der Waals surface area (Å²) in [7, 11) is 1.45. The minimum atomic E-state index is -0.460. The van der Waals surface area contributed by atoms with Gasteiger partial charge in [-0.05, 0) is 24.6 Å². The maximum absolute atomic E-state index is 12.3. The van der Waals surface area contributed by atoms with Crippen LogP contribution in [0.25, 0.3) is 5.65 Å². The molecule has 26 heavy (non-hydrogen) atoms. The summed E-state index contributed by atoms with van der Waals surface area (Å²) in [5.74, 6) is -0.0918. The highest BCUT2D eigenvalue weighted by atomic mass is 35.5. The van der Waals surface area contributed by atoms with E-state index < -0.39 is 5.69 Å². The molecular weight excluding hydrogens is 381 g/mol. The summed E-state index contributed by atoms with van der Waals surface area (Å²) >= 11 is 11.9. The Balaban J connectivity index is 1.75. The van der Waals surface area contributed by atoms with Crippen LogP contribution in [0.1, 0.15) is 18.5 Å². The number of nitrogens with zero attached hydrogens (tertiary/aromatic N) is 4. The molecule has 1 N–H and O–H groups in total. The van der Waals surface area contributed by atoms with E-state index in [1.807, 2.05) is 0 Å². The number of nitrogens with one attached hydrogen (secondary N) is 1. The van der Waals surface area contributed by atoms with Crippen molar-refractivity contribution in [2.75, 3.05) is 7.11 Å². The Morgan fingerprint density at radius 3 is 2.81 bits per heavy atom. The van der Waals surface area contributed by atoms with Crippen molar-refractivity contribution in [3.05, 3.63) is 56.7 Å². The molecule has 2 heterocycles. The summed E-state index contributed by atoms with van der Waals surface area (Å²) < 4.78 is 7.31. The predicted molar refractivity (Wildman–Crippen MR) is 96.8 cm³/mol. The number of fused-ring (bicyclic) bond motifs is 1. The molecule has 0 bridgehead atoms. The van der Waals surface area contributed by atoms with Crippen LogP contribution in [-0.2, 0) is 11.3 Å². The van der Waals surface area contributed by atoms with E-state index in [0.29, 0.717) is 15.7 Å². The number of ether oxygens (including phenoxy) is 1. The smallest absolute Gasteiger partial charge is 0.351 e. The van der Waals surface area contributed by atoms with E-state index in [9.17, 15) is 9.59 Å². The number of benzene rings is 1. The molecule has 1 atom stereocenters. The van der Waals surface area contributed by atoms with Crippen molar-refractivity contribution in [1.29, 1.82) is 0 Å². The van der Waals surface area contributed by atoms with Gasteiger partial charge in [0.1, 0.15) is 6.54 Å². The van der Waals surface area contributed by atoms with Gasteiger partial charge in [0.05, 0.1) is 35.6 Å². The maximum Gasteiger partial charge on any atom is 0.351 e. The highest BCUT2D eigenvalue weighted by Gasteiger charge is 2.15. The predicted octanol–water partition coefficient (Wildman–Crippen LogP) is 2.08. The molecule has 10 heteroatoms. The van der Waals surface area contributed by atoms with Crippen LogP contribution < -0.4 is 15.7 Å². The van der Waals surface area contributed by atoms with E-state index in [0.717, 1.165) is 10.2 Å². The number of aromatic nitrogens is 4. The van der Waals surface area contributed by atoms with Crippen molar-refractivity contribution in [3.63, 3.8) is 0 Å². The van der Waals surface area contributed by atoms with Crippen LogP contribution in [-0.4, -0.2) is 32.2 Å². The maximum atomic E-state index is 12.3. The number of halogens is 2. The number of hydrogen-bond donors (Lipinski definition) is 1. The van der Waals surface area contributed by atoms with Crippen molar-refractivity contribution in [3.8, 4) is 5.88 Å². The van der Waals surface area contributed by atoms with Crippen molar-refractivity contribution >= 4 is 34.8 Å². The normalized spacial score (nSPS) is 12.2. The zero-order chi connectivity index (χ0) is 18.8. The molecule has 8 nitrogen and oxygen atoms in total. The Morgan fingerprint density at radius 2 is 2.12 bits per heavy atom. The molecule has 0 fully saturated rings. The molecule has 2 aromatic heterocycles. The van der Waals surface area contributed by atoms with Gasteiger partial charge in [0.25, 0.3) is 0 Å². The summed E-state index contributed by atoms with van der Waals surface area (Å²) in [5, 5.41) is 7.72. The highest BCUT2D eigenvalue weighted by molar-refractivity contribution is 6.42. The van der Waals surface area contributed by atoms with Gasteiger partial charge in [0.15, 0.2) is 5.65 Å². The molecule has 0 spiro atoms. The number of carbonyl (C=O) groups is 1. The molecule has 136 valence electrons. The van der Waals surface area contributed by atoms with E-state index in [4.69, 9.17) is 27.9 Å². The first-order valence-corrected chi connectivity index (χ1v) is 8.38. The quantitative estimate of drug-likeness (QED) is 0.713. The highest BCUT2D eigenvalue weighted by Crippen LogP contribution is 2.25. The standard InChI is InChI=1S/C16H15Cl2N5O3/c1-9(10-3-4-11(17)12(18)5-10)20-14(24)7-23-16(25)22-8-15(26-2)19-6-13(22)21-23/h3-6,8-9H,7H2,1-2H3,(H,20,24)/t9-/m0/s1. The number of carbonyl (C=O) groups excluding carboxylic acids is 1. The van der Waals surface area contributed by atoms with E-state index in [1.54, 1.807) is 25.1 Å². The second-order valence-electron chi connectivity index (χ2n) is 5.56. The largest absolute Gasteiger partial charge is 0.480 e. The number of amides is 1. The lowest BCUT2D eigenvalue weighted by atomic mass is 10.1. The number of rotatable bonds is 5. The first-order valence-electron chi connectivity index (χ1n) is 7.62. The summed E-state index contributed by atoms with van der Waals surface area (Å²) in [6.07, 6.45) is 2.81. The minimum Gasteiger partial charge on any atom is -0.480 e. The first-order chi connectivity index (χ1) is 12.4. The zero-order valence-corrected chi connectivity index (χ0v) is 15.5. The van der Waals surface area contributed by atoms with E-state index >= 15 is 0 Å². The Bertz CT molecular complexity index is 1030. The van der Waals surface area contributed by atoms with Gasteiger partial charge in [-0.15, -0.1) is 5.10 Å². The summed E-state index contributed by atoms with van der Waals surface area (Å²) in [6.45, 7) is 1.58. The van der Waals surface area contributed by atoms with Gasteiger partial charge < -0.3 is 10.1 Å². The van der Waals surface area contributed by atoms with E-state index in [2.05, 4.69) is 15.4 Å². The average molecular weight is 396 g/mol. The lowest BCUT2D eigenvalue weighted by molar-refractivity contribution is -0.122. The Morgan fingerprint density at radius 1 is 1.35 bits per heavy atom. The molecule has 1 amide bonds. The van der Waals surface area contributed by atoms with Gasteiger partial charge in [-0.1, -0.05) is 29.3 Å². The van der Waals surface area contributed by atoms with Gasteiger partial charge in [-0.25, -0.2) is 18.9 Å². The third kappa shape index (κ3) is 3.66. The van der Waals surface area contributed by atoms with Crippen LogP contribution >= 0.6 is 23.2 Å².